The molecular weight excluding hydrogens is 630 g/mol. The molecule has 1 aromatic heterocycles. The fraction of sp³-hybridized carbons (Fsp3) is 0.294. The second-order valence-electron chi connectivity index (χ2n) is 12.1. The molecule has 4 aliphatic rings. The zero-order chi connectivity index (χ0) is 31.7. The smallest absolute Gasteiger partial charge is 0.305 e. The molecule has 2 aliphatic heterocycles. The van der Waals surface area contributed by atoms with Gasteiger partial charge in [0.1, 0.15) is 17.3 Å². The normalized spacial score (nSPS) is 27.3. The Morgan fingerprint density at radius 1 is 0.935 bits per heavy atom. The summed E-state index contributed by atoms with van der Waals surface area (Å²) in [5.74, 6) is -0.979. The fourth-order valence-corrected chi connectivity index (χ4v) is 10.9. The summed E-state index contributed by atoms with van der Waals surface area (Å²) in [5.41, 5.74) is 2.01. The van der Waals surface area contributed by atoms with Crippen LogP contribution in [0, 0.1) is 35.4 Å². The minimum Gasteiger partial charge on any atom is -0.497 e. The molecule has 12 heteroatoms. The lowest BCUT2D eigenvalue weighted by Gasteiger charge is -2.43. The number of thioether (sulfide) groups is 1. The van der Waals surface area contributed by atoms with Crippen LogP contribution in [0.4, 0.5) is 15.8 Å². The van der Waals surface area contributed by atoms with E-state index in [9.17, 15) is 23.6 Å². The lowest BCUT2D eigenvalue weighted by atomic mass is 9.68. The summed E-state index contributed by atoms with van der Waals surface area (Å²) in [6.07, 6.45) is 0.770. The third kappa shape index (κ3) is 4.65. The van der Waals surface area contributed by atoms with Gasteiger partial charge in [-0.1, -0.05) is 23.5 Å². The average Bonchev–Trinajstić information content (AvgIpc) is 3.80. The number of hydrogen-bond acceptors (Lipinski definition) is 8. The minimum absolute atomic E-state index is 0.0160. The lowest BCUT2D eigenvalue weighted by molar-refractivity contribution is -0.123. The minimum atomic E-state index is -0.448. The number of benzene rings is 3. The van der Waals surface area contributed by atoms with Crippen LogP contribution in [0.25, 0.3) is 0 Å². The fourth-order valence-electron chi connectivity index (χ4n) is 8.03. The standard InChI is InChI=1S/C34H28FN3O6S2/c1-43-20-12-6-18(7-13-20)36-24(39)15-44-21-10-2-16(3-11-21)25-26-22-14-23(29(26)45-31-30(25)46-34(42)37-31)28-27(22)32(40)38(33(28)41)19-8-4-17(35)5-9-19/h2-13,22-23,25-29H,14-15H2,1H3,(H,36,39)(H,37,42)/t22-,23-,25-,26?,27?,28?,29?/m1/s1. The number of aromatic amines is 1. The van der Waals surface area contributed by atoms with Crippen LogP contribution in [0.3, 0.4) is 0 Å². The van der Waals surface area contributed by atoms with Crippen molar-refractivity contribution in [2.45, 2.75) is 22.6 Å². The molecule has 2 N–H and O–H groups in total. The first kappa shape index (κ1) is 29.0. The summed E-state index contributed by atoms with van der Waals surface area (Å²) in [6.45, 7) is -0.173. The van der Waals surface area contributed by atoms with Gasteiger partial charge in [0.05, 0.1) is 29.7 Å². The highest BCUT2D eigenvalue weighted by Gasteiger charge is 2.69. The number of anilines is 2. The van der Waals surface area contributed by atoms with E-state index in [1.54, 1.807) is 43.1 Å². The third-order valence-electron chi connectivity index (χ3n) is 9.79. The van der Waals surface area contributed by atoms with Gasteiger partial charge in [0.25, 0.3) is 5.91 Å². The number of hydrogen-bond donors (Lipinski definition) is 2. The Morgan fingerprint density at radius 2 is 1.61 bits per heavy atom. The van der Waals surface area contributed by atoms with Crippen LogP contribution in [0.15, 0.2) is 82.6 Å². The van der Waals surface area contributed by atoms with E-state index < -0.39 is 17.7 Å². The van der Waals surface area contributed by atoms with Gasteiger partial charge in [0, 0.05) is 21.7 Å². The number of ether oxygens (including phenoxy) is 2. The Morgan fingerprint density at radius 3 is 2.30 bits per heavy atom. The van der Waals surface area contributed by atoms with Crippen molar-refractivity contribution in [1.82, 2.24) is 4.98 Å². The van der Waals surface area contributed by atoms with E-state index in [1.165, 1.54) is 40.5 Å². The number of amides is 3. The van der Waals surface area contributed by atoms with Gasteiger partial charge in [-0.05, 0) is 90.4 Å². The van der Waals surface area contributed by atoms with Crippen LogP contribution in [-0.2, 0) is 14.4 Å². The van der Waals surface area contributed by atoms with E-state index in [1.807, 2.05) is 24.3 Å². The van der Waals surface area contributed by atoms with Crippen LogP contribution in [0.5, 0.6) is 11.5 Å². The monoisotopic (exact) mass is 657 g/mol. The first-order valence-corrected chi connectivity index (χ1v) is 16.7. The maximum atomic E-state index is 13.9. The van der Waals surface area contributed by atoms with Crippen LogP contribution in [0.2, 0.25) is 0 Å². The van der Waals surface area contributed by atoms with Crippen molar-refractivity contribution < 1.29 is 28.2 Å². The Bertz CT molecular complexity index is 1910. The van der Waals surface area contributed by atoms with Gasteiger partial charge in [0.2, 0.25) is 11.8 Å². The van der Waals surface area contributed by atoms with Gasteiger partial charge < -0.3 is 19.8 Å². The number of aromatic nitrogens is 1. The summed E-state index contributed by atoms with van der Waals surface area (Å²) < 4.78 is 24.5. The zero-order valence-corrected chi connectivity index (χ0v) is 26.1. The van der Waals surface area contributed by atoms with Crippen molar-refractivity contribution in [3.05, 3.63) is 98.7 Å². The molecule has 0 spiro atoms. The van der Waals surface area contributed by atoms with Gasteiger partial charge in [-0.2, -0.15) is 0 Å². The highest BCUT2D eigenvalue weighted by Crippen LogP contribution is 2.68. The van der Waals surface area contributed by atoms with Crippen molar-refractivity contribution in [3.8, 4) is 11.5 Å². The molecular formula is C34H28FN3O6S2. The predicted molar refractivity (Wildman–Crippen MR) is 171 cm³/mol. The predicted octanol–water partition coefficient (Wildman–Crippen LogP) is 5.28. The first-order chi connectivity index (χ1) is 22.3. The third-order valence-corrected chi connectivity index (χ3v) is 12.4. The number of fused-ring (bicyclic) bond motifs is 9. The number of rotatable bonds is 7. The molecule has 1 saturated heterocycles. The molecule has 4 aromatic rings. The van der Waals surface area contributed by atoms with Gasteiger partial charge >= 0.3 is 4.87 Å². The van der Waals surface area contributed by atoms with Crippen molar-refractivity contribution >= 4 is 52.2 Å². The van der Waals surface area contributed by atoms with Gasteiger partial charge in [-0.15, -0.1) is 11.8 Å². The molecule has 234 valence electrons. The Labute approximate surface area is 271 Å². The number of halogens is 1. The van der Waals surface area contributed by atoms with Gasteiger partial charge in [0.15, 0.2) is 6.61 Å². The number of nitrogens with zero attached hydrogens (tertiary/aromatic N) is 1. The number of nitrogens with one attached hydrogen (secondary N) is 2. The molecule has 2 aliphatic carbocycles. The number of imide groups is 1. The number of carbonyl (C=O) groups excluding carboxylic acids is 3. The lowest BCUT2D eigenvalue weighted by Crippen LogP contribution is -2.42. The van der Waals surface area contributed by atoms with Crippen LogP contribution in [0.1, 0.15) is 22.8 Å². The highest BCUT2D eigenvalue weighted by molar-refractivity contribution is 8.00. The molecule has 2 saturated carbocycles. The van der Waals surface area contributed by atoms with E-state index in [-0.39, 0.29) is 58.1 Å². The van der Waals surface area contributed by atoms with Gasteiger partial charge in [-0.25, -0.2) is 4.39 Å². The molecule has 3 heterocycles. The second-order valence-corrected chi connectivity index (χ2v) is 14.3. The van der Waals surface area contributed by atoms with Crippen LogP contribution in [-0.4, -0.2) is 41.7 Å². The summed E-state index contributed by atoms with van der Waals surface area (Å²) in [6, 6.07) is 20.0. The maximum Gasteiger partial charge on any atom is 0.305 e. The quantitative estimate of drug-likeness (QED) is 0.260. The Hall–Kier alpha value is -4.42. The molecule has 8 rings (SSSR count). The largest absolute Gasteiger partial charge is 0.497 e. The maximum absolute atomic E-state index is 13.9. The molecule has 3 fully saturated rings. The van der Waals surface area contributed by atoms with Gasteiger partial charge in [-0.3, -0.25) is 24.1 Å². The number of H-pyrrole nitrogens is 1. The zero-order valence-electron chi connectivity index (χ0n) is 24.5. The van der Waals surface area contributed by atoms with Crippen LogP contribution < -0.4 is 24.6 Å². The van der Waals surface area contributed by atoms with E-state index in [0.29, 0.717) is 22.9 Å². The van der Waals surface area contributed by atoms with E-state index in [4.69, 9.17) is 9.47 Å². The SMILES string of the molecule is COc1ccc(NC(=O)COc2ccc([C@H]3c4sc(=O)[nH]c4SC4C3[C@H]3C[C@@H]4C4C(=O)N(c5ccc(F)cc5)C(=O)C43)cc2)cc1. The molecule has 46 heavy (non-hydrogen) atoms. The molecule has 3 amide bonds. The van der Waals surface area contributed by atoms with Crippen LogP contribution >= 0.6 is 23.1 Å². The first-order valence-electron chi connectivity index (χ1n) is 15.0. The number of methoxy groups -OCH3 is 1. The Balaban J connectivity index is 1.04. The molecule has 4 unspecified atom stereocenters. The van der Waals surface area contributed by atoms with E-state index in [0.717, 1.165) is 21.9 Å². The van der Waals surface area contributed by atoms with Crippen molar-refractivity contribution in [2.75, 3.05) is 23.9 Å². The van der Waals surface area contributed by atoms with Crippen molar-refractivity contribution in [3.63, 3.8) is 0 Å². The second kappa shape index (κ2) is 11.1. The topological polar surface area (TPSA) is 118 Å². The highest BCUT2D eigenvalue weighted by atomic mass is 32.2. The van der Waals surface area contributed by atoms with E-state index >= 15 is 0 Å². The molecule has 7 atom stereocenters. The summed E-state index contributed by atoms with van der Waals surface area (Å²) in [7, 11) is 1.58. The molecule has 3 aromatic carbocycles. The molecule has 0 radical (unpaired) electrons. The summed E-state index contributed by atoms with van der Waals surface area (Å²) >= 11 is 2.82. The summed E-state index contributed by atoms with van der Waals surface area (Å²) in [5, 5.41) is 3.68. The summed E-state index contributed by atoms with van der Waals surface area (Å²) in [4.78, 5) is 57.7. The Kier molecular flexibility index (Phi) is 7.02. The van der Waals surface area contributed by atoms with E-state index in [2.05, 4.69) is 10.3 Å². The number of thiazole rings is 1. The molecule has 9 nitrogen and oxygen atoms in total. The molecule has 2 bridgehead atoms. The number of carbonyl (C=O) groups is 3. The van der Waals surface area contributed by atoms with Crippen molar-refractivity contribution in [2.24, 2.45) is 29.6 Å². The average molecular weight is 658 g/mol. The van der Waals surface area contributed by atoms with Crippen molar-refractivity contribution in [1.29, 1.82) is 0 Å².